The van der Waals surface area contributed by atoms with Crippen LogP contribution in [0.15, 0.2) is 60.8 Å². The molecule has 1 amide bonds. The Hall–Kier alpha value is -3.72. The van der Waals surface area contributed by atoms with Gasteiger partial charge >= 0.3 is 0 Å². The first-order chi connectivity index (χ1) is 12.1. The standard InChI is InChI=1S/C19H15N5O/c1-13-5-7-15(8-6-13)23-19-21-10-9-17(24-19)18(25)22-16-4-2-3-14(11-16)12-20/h2-11H,1H3,(H,22,25)(H,21,23,24). The number of aromatic nitrogens is 2. The van der Waals surface area contributed by atoms with Crippen LogP contribution >= 0.6 is 0 Å². The normalized spacial score (nSPS) is 9.92. The van der Waals surface area contributed by atoms with Crippen molar-refractivity contribution in [2.45, 2.75) is 6.92 Å². The fraction of sp³-hybridized carbons (Fsp3) is 0.0526. The molecule has 0 atom stereocenters. The Morgan fingerprint density at radius 3 is 2.64 bits per heavy atom. The molecule has 0 radical (unpaired) electrons. The SMILES string of the molecule is Cc1ccc(Nc2nccc(C(=O)Nc3cccc(C#N)c3)n2)cc1. The summed E-state index contributed by atoms with van der Waals surface area (Å²) in [4.78, 5) is 20.7. The number of nitriles is 1. The topological polar surface area (TPSA) is 90.7 Å². The molecule has 0 spiro atoms. The van der Waals surface area contributed by atoms with Gasteiger partial charge in [-0.1, -0.05) is 23.8 Å². The van der Waals surface area contributed by atoms with E-state index in [0.717, 1.165) is 11.3 Å². The predicted octanol–water partition coefficient (Wildman–Crippen LogP) is 3.65. The van der Waals surface area contributed by atoms with Crippen LogP contribution in [0.4, 0.5) is 17.3 Å². The first-order valence-corrected chi connectivity index (χ1v) is 7.62. The molecule has 0 fully saturated rings. The van der Waals surface area contributed by atoms with Gasteiger partial charge in [0.2, 0.25) is 5.95 Å². The van der Waals surface area contributed by atoms with Crippen molar-refractivity contribution in [3.8, 4) is 6.07 Å². The van der Waals surface area contributed by atoms with Gasteiger partial charge in [0.15, 0.2) is 0 Å². The smallest absolute Gasteiger partial charge is 0.274 e. The third kappa shape index (κ3) is 4.18. The molecule has 0 saturated carbocycles. The zero-order chi connectivity index (χ0) is 17.6. The minimum atomic E-state index is -0.371. The maximum atomic E-state index is 12.4. The molecule has 3 rings (SSSR count). The second kappa shape index (κ2) is 7.23. The number of hydrogen-bond donors (Lipinski definition) is 2. The molecule has 0 unspecified atom stereocenters. The van der Waals surface area contributed by atoms with E-state index in [1.807, 2.05) is 37.3 Å². The predicted molar refractivity (Wildman–Crippen MR) is 95.6 cm³/mol. The molecule has 0 aliphatic heterocycles. The highest BCUT2D eigenvalue weighted by atomic mass is 16.1. The van der Waals surface area contributed by atoms with E-state index < -0.39 is 0 Å². The van der Waals surface area contributed by atoms with E-state index in [9.17, 15) is 4.79 Å². The van der Waals surface area contributed by atoms with Gasteiger partial charge in [0.1, 0.15) is 5.69 Å². The van der Waals surface area contributed by atoms with E-state index in [-0.39, 0.29) is 11.6 Å². The average molecular weight is 329 g/mol. The van der Waals surface area contributed by atoms with E-state index in [1.54, 1.807) is 24.3 Å². The molecule has 6 heteroatoms. The molecule has 25 heavy (non-hydrogen) atoms. The van der Waals surface area contributed by atoms with Crippen molar-refractivity contribution in [3.05, 3.63) is 77.6 Å². The minimum Gasteiger partial charge on any atom is -0.324 e. The van der Waals surface area contributed by atoms with Crippen LogP contribution in [0.25, 0.3) is 0 Å². The van der Waals surface area contributed by atoms with E-state index in [2.05, 4.69) is 20.6 Å². The Balaban J connectivity index is 1.75. The lowest BCUT2D eigenvalue weighted by molar-refractivity contribution is 0.102. The van der Waals surface area contributed by atoms with E-state index >= 15 is 0 Å². The summed E-state index contributed by atoms with van der Waals surface area (Å²) in [5.41, 5.74) is 3.23. The molecule has 2 aromatic carbocycles. The van der Waals surface area contributed by atoms with Gasteiger partial charge in [-0.2, -0.15) is 5.26 Å². The highest BCUT2D eigenvalue weighted by Gasteiger charge is 2.10. The Morgan fingerprint density at radius 1 is 1.08 bits per heavy atom. The summed E-state index contributed by atoms with van der Waals surface area (Å²) < 4.78 is 0. The maximum Gasteiger partial charge on any atom is 0.274 e. The highest BCUT2D eigenvalue weighted by Crippen LogP contribution is 2.15. The zero-order valence-corrected chi connectivity index (χ0v) is 13.5. The summed E-state index contributed by atoms with van der Waals surface area (Å²) in [5, 5.41) is 14.7. The number of carbonyl (C=O) groups excluding carboxylic acids is 1. The summed E-state index contributed by atoms with van der Waals surface area (Å²) in [6.45, 7) is 2.01. The van der Waals surface area contributed by atoms with Crippen molar-refractivity contribution in [1.29, 1.82) is 5.26 Å². The van der Waals surface area contributed by atoms with Crippen LogP contribution in [-0.4, -0.2) is 15.9 Å². The highest BCUT2D eigenvalue weighted by molar-refractivity contribution is 6.03. The van der Waals surface area contributed by atoms with Crippen LogP contribution in [0, 0.1) is 18.3 Å². The van der Waals surface area contributed by atoms with Crippen LogP contribution in [0.3, 0.4) is 0 Å². The number of nitrogens with one attached hydrogen (secondary N) is 2. The Bertz CT molecular complexity index is 945. The first-order valence-electron chi connectivity index (χ1n) is 7.62. The van der Waals surface area contributed by atoms with E-state index in [4.69, 9.17) is 5.26 Å². The summed E-state index contributed by atoms with van der Waals surface area (Å²) >= 11 is 0. The van der Waals surface area contributed by atoms with Crippen molar-refractivity contribution < 1.29 is 4.79 Å². The molecule has 1 aromatic heterocycles. The van der Waals surface area contributed by atoms with Gasteiger partial charge in [-0.3, -0.25) is 4.79 Å². The summed E-state index contributed by atoms with van der Waals surface area (Å²) in [6, 6.07) is 18.0. The number of aryl methyl sites for hydroxylation is 1. The Kier molecular flexibility index (Phi) is 4.67. The molecule has 0 aliphatic carbocycles. The van der Waals surface area contributed by atoms with Gasteiger partial charge in [0, 0.05) is 17.6 Å². The number of nitrogens with zero attached hydrogens (tertiary/aromatic N) is 3. The van der Waals surface area contributed by atoms with Crippen molar-refractivity contribution in [2.75, 3.05) is 10.6 Å². The van der Waals surface area contributed by atoms with Crippen molar-refractivity contribution in [2.24, 2.45) is 0 Å². The third-order valence-corrected chi connectivity index (χ3v) is 3.45. The molecular weight excluding hydrogens is 314 g/mol. The zero-order valence-electron chi connectivity index (χ0n) is 13.5. The molecular formula is C19H15N5O. The number of anilines is 3. The molecule has 122 valence electrons. The number of carbonyl (C=O) groups is 1. The number of amides is 1. The van der Waals surface area contributed by atoms with Gasteiger partial charge in [-0.15, -0.1) is 0 Å². The second-order valence-electron chi connectivity index (χ2n) is 5.40. The Morgan fingerprint density at radius 2 is 1.88 bits per heavy atom. The lowest BCUT2D eigenvalue weighted by atomic mass is 10.2. The summed E-state index contributed by atoms with van der Waals surface area (Å²) in [6.07, 6.45) is 1.52. The lowest BCUT2D eigenvalue weighted by Crippen LogP contribution is -2.14. The molecule has 1 heterocycles. The third-order valence-electron chi connectivity index (χ3n) is 3.45. The molecule has 3 aromatic rings. The second-order valence-corrected chi connectivity index (χ2v) is 5.40. The number of hydrogen-bond acceptors (Lipinski definition) is 5. The van der Waals surface area contributed by atoms with Crippen LogP contribution in [-0.2, 0) is 0 Å². The first kappa shape index (κ1) is 16.1. The minimum absolute atomic E-state index is 0.229. The largest absolute Gasteiger partial charge is 0.324 e. The Labute approximate surface area is 145 Å². The maximum absolute atomic E-state index is 12.4. The van der Waals surface area contributed by atoms with Gasteiger partial charge in [0.25, 0.3) is 5.91 Å². The fourth-order valence-electron chi connectivity index (χ4n) is 2.17. The summed E-state index contributed by atoms with van der Waals surface area (Å²) in [5.74, 6) is -0.0354. The van der Waals surface area contributed by atoms with Gasteiger partial charge in [-0.05, 0) is 43.3 Å². The van der Waals surface area contributed by atoms with Crippen LogP contribution in [0.1, 0.15) is 21.6 Å². The fourth-order valence-corrected chi connectivity index (χ4v) is 2.17. The number of benzene rings is 2. The van der Waals surface area contributed by atoms with E-state index in [0.29, 0.717) is 17.2 Å². The van der Waals surface area contributed by atoms with Crippen LogP contribution < -0.4 is 10.6 Å². The van der Waals surface area contributed by atoms with Gasteiger partial charge < -0.3 is 10.6 Å². The van der Waals surface area contributed by atoms with E-state index in [1.165, 1.54) is 12.3 Å². The lowest BCUT2D eigenvalue weighted by Gasteiger charge is -2.08. The molecule has 0 bridgehead atoms. The molecule has 2 N–H and O–H groups in total. The monoisotopic (exact) mass is 329 g/mol. The molecule has 0 saturated heterocycles. The van der Waals surface area contributed by atoms with Crippen molar-refractivity contribution in [1.82, 2.24) is 9.97 Å². The average Bonchev–Trinajstić information content (AvgIpc) is 2.64. The molecule has 6 nitrogen and oxygen atoms in total. The van der Waals surface area contributed by atoms with Crippen LogP contribution in [0.2, 0.25) is 0 Å². The van der Waals surface area contributed by atoms with Crippen molar-refractivity contribution >= 4 is 23.2 Å². The van der Waals surface area contributed by atoms with Gasteiger partial charge in [-0.25, -0.2) is 9.97 Å². The quantitative estimate of drug-likeness (QED) is 0.762. The summed E-state index contributed by atoms with van der Waals surface area (Å²) in [7, 11) is 0. The van der Waals surface area contributed by atoms with Crippen molar-refractivity contribution in [3.63, 3.8) is 0 Å². The van der Waals surface area contributed by atoms with Gasteiger partial charge in [0.05, 0.1) is 11.6 Å². The number of rotatable bonds is 4. The van der Waals surface area contributed by atoms with Crippen LogP contribution in [0.5, 0.6) is 0 Å². The molecule has 0 aliphatic rings.